The summed E-state index contributed by atoms with van der Waals surface area (Å²) in [7, 11) is -1.90. The first-order valence-electron chi connectivity index (χ1n) is 14.4. The number of carbonyl (C=O) groups is 2. The lowest BCUT2D eigenvalue weighted by Gasteiger charge is -2.35. The van der Waals surface area contributed by atoms with Gasteiger partial charge in [-0.1, -0.05) is 12.1 Å². The van der Waals surface area contributed by atoms with Gasteiger partial charge in [0, 0.05) is 44.3 Å². The van der Waals surface area contributed by atoms with Crippen molar-refractivity contribution >= 4 is 33.7 Å². The van der Waals surface area contributed by atoms with Crippen LogP contribution >= 0.6 is 0 Å². The number of likely N-dealkylation sites (tertiary alicyclic amines) is 2. The number of ether oxygens (including phenoxy) is 1. The minimum atomic E-state index is -3.21. The van der Waals surface area contributed by atoms with Gasteiger partial charge in [0.15, 0.2) is 5.96 Å². The third-order valence-electron chi connectivity index (χ3n) is 8.97. The molecule has 3 fully saturated rings. The highest BCUT2D eigenvalue weighted by Gasteiger charge is 2.44. The molecule has 3 aliphatic rings. The lowest BCUT2D eigenvalue weighted by Crippen LogP contribution is -2.46. The van der Waals surface area contributed by atoms with Crippen molar-refractivity contribution in [1.82, 2.24) is 24.1 Å². The van der Waals surface area contributed by atoms with Crippen LogP contribution in [-0.4, -0.2) is 96.5 Å². The number of sulfonamides is 1. The van der Waals surface area contributed by atoms with Crippen molar-refractivity contribution in [3.05, 3.63) is 36.3 Å². The molecule has 13 nitrogen and oxygen atoms in total. The highest BCUT2D eigenvalue weighted by molar-refractivity contribution is 7.88. The van der Waals surface area contributed by atoms with Crippen LogP contribution in [0.5, 0.6) is 0 Å². The number of H-pyrrole nitrogens is 1. The number of nitrogens with two attached hydrogens (primary N) is 1. The van der Waals surface area contributed by atoms with Crippen LogP contribution in [0.15, 0.2) is 30.5 Å². The first-order chi connectivity index (χ1) is 20.0. The Hall–Kier alpha value is -3.65. The van der Waals surface area contributed by atoms with Crippen LogP contribution in [0.2, 0.25) is 0 Å². The molecule has 2 aromatic rings. The first-order valence-corrected chi connectivity index (χ1v) is 16.2. The molecule has 3 saturated heterocycles. The number of imidazole rings is 1. The van der Waals surface area contributed by atoms with E-state index >= 15 is 0 Å². The molecule has 5 N–H and O–H groups in total. The molecule has 1 aromatic carbocycles. The second-order valence-electron chi connectivity index (χ2n) is 11.5. The van der Waals surface area contributed by atoms with Gasteiger partial charge < -0.3 is 25.3 Å². The van der Waals surface area contributed by atoms with Gasteiger partial charge in [-0.05, 0) is 61.6 Å². The number of carbonyl (C=O) groups excluding carboxylic acids is 2. The lowest BCUT2D eigenvalue weighted by molar-refractivity contribution is -0.138. The number of benzene rings is 1. The summed E-state index contributed by atoms with van der Waals surface area (Å²) >= 11 is 0. The predicted molar refractivity (Wildman–Crippen MR) is 158 cm³/mol. The molecular formula is C28H40N8O5S. The molecule has 1 unspecified atom stereocenters. The monoisotopic (exact) mass is 600 g/mol. The van der Waals surface area contributed by atoms with Crippen LogP contribution in [0.25, 0.3) is 11.3 Å². The van der Waals surface area contributed by atoms with Crippen molar-refractivity contribution in [2.75, 3.05) is 51.4 Å². The van der Waals surface area contributed by atoms with Gasteiger partial charge in [0.2, 0.25) is 15.9 Å². The first kappa shape index (κ1) is 29.8. The minimum absolute atomic E-state index is 0.0395. The molecule has 0 saturated carbocycles. The van der Waals surface area contributed by atoms with Crippen LogP contribution < -0.4 is 11.1 Å². The highest BCUT2D eigenvalue weighted by Crippen LogP contribution is 2.42. The Morgan fingerprint density at radius 3 is 2.33 bits per heavy atom. The molecule has 0 radical (unpaired) electrons. The average molecular weight is 601 g/mol. The number of nitrogens with one attached hydrogen (secondary N) is 3. The number of rotatable bonds is 6. The number of anilines is 1. The Bertz CT molecular complexity index is 1400. The quantitative estimate of drug-likeness (QED) is 0.288. The van der Waals surface area contributed by atoms with E-state index in [0.717, 1.165) is 36.3 Å². The highest BCUT2D eigenvalue weighted by atomic mass is 32.2. The van der Waals surface area contributed by atoms with Crippen LogP contribution in [0.4, 0.5) is 10.5 Å². The van der Waals surface area contributed by atoms with E-state index in [-0.39, 0.29) is 29.7 Å². The molecule has 3 aliphatic heterocycles. The van der Waals surface area contributed by atoms with E-state index in [1.54, 1.807) is 27.5 Å². The van der Waals surface area contributed by atoms with Gasteiger partial charge in [-0.25, -0.2) is 22.5 Å². The third kappa shape index (κ3) is 6.54. The number of nitrogens with zero attached hydrogens (tertiary/aromatic N) is 4. The molecule has 14 heteroatoms. The molecule has 42 heavy (non-hydrogen) atoms. The van der Waals surface area contributed by atoms with Gasteiger partial charge in [0.1, 0.15) is 5.82 Å². The van der Waals surface area contributed by atoms with Crippen molar-refractivity contribution in [3.63, 3.8) is 0 Å². The maximum atomic E-state index is 13.9. The second kappa shape index (κ2) is 12.3. The largest absolute Gasteiger partial charge is 0.453 e. The Morgan fingerprint density at radius 1 is 1.07 bits per heavy atom. The van der Waals surface area contributed by atoms with Gasteiger partial charge in [-0.2, -0.15) is 0 Å². The van der Waals surface area contributed by atoms with Gasteiger partial charge in [0.05, 0.1) is 31.3 Å². The van der Waals surface area contributed by atoms with Crippen molar-refractivity contribution in [2.45, 2.75) is 38.1 Å². The Morgan fingerprint density at radius 2 is 1.74 bits per heavy atom. The molecule has 0 aliphatic carbocycles. The Kier molecular flexibility index (Phi) is 8.73. The second-order valence-corrected chi connectivity index (χ2v) is 13.5. The van der Waals surface area contributed by atoms with Gasteiger partial charge in [-0.3, -0.25) is 15.5 Å². The number of piperidine rings is 2. The van der Waals surface area contributed by atoms with Gasteiger partial charge in [-0.15, -0.1) is 0 Å². The van der Waals surface area contributed by atoms with Crippen molar-refractivity contribution < 1.29 is 22.7 Å². The minimum Gasteiger partial charge on any atom is -0.453 e. The fourth-order valence-electron chi connectivity index (χ4n) is 6.55. The number of hydrogen-bond donors (Lipinski definition) is 4. The zero-order chi connectivity index (χ0) is 30.0. The summed E-state index contributed by atoms with van der Waals surface area (Å²) in [6.07, 6.45) is 6.09. The lowest BCUT2D eigenvalue weighted by atomic mass is 9.83. The van der Waals surface area contributed by atoms with Crippen LogP contribution in [-0.2, 0) is 19.6 Å². The standard InChI is InChI=1S/C28H40N8O5S/c1-41-28(38)32-22-5-3-19(4-6-22)23-16-31-25(33-23)24-15-21(18-9-13-35(14-10-18)42(2,39)40)17-36(24)26(37)20-7-11-34(12-8-20)27(29)30/h3-6,16,18,20-21,24H,7-15,17H2,1-2H3,(H3,29,30)(H,31,33)(H,32,38)/t21?,24-/m0/s1. The van der Waals surface area contributed by atoms with Crippen LogP contribution in [0.3, 0.4) is 0 Å². The topological polar surface area (TPSA) is 178 Å². The predicted octanol–water partition coefficient (Wildman–Crippen LogP) is 2.42. The number of hydrogen-bond acceptors (Lipinski definition) is 7. The number of guanidine groups is 1. The summed E-state index contributed by atoms with van der Waals surface area (Å²) in [6.45, 7) is 2.80. The number of aromatic amines is 1. The number of aromatic nitrogens is 2. The molecule has 1 aromatic heterocycles. The normalized spacial score (nSPS) is 22.7. The van der Waals surface area contributed by atoms with Gasteiger partial charge in [0.25, 0.3) is 0 Å². The Labute approximate surface area is 246 Å². The molecule has 5 rings (SSSR count). The molecule has 0 bridgehead atoms. The summed E-state index contributed by atoms with van der Waals surface area (Å²) in [5.74, 6) is 1.31. The van der Waals surface area contributed by atoms with E-state index in [9.17, 15) is 18.0 Å². The van der Waals surface area contributed by atoms with Crippen molar-refractivity contribution in [3.8, 4) is 11.3 Å². The zero-order valence-corrected chi connectivity index (χ0v) is 24.9. The molecule has 2 atom stereocenters. The fraction of sp³-hybridized carbons (Fsp3) is 0.571. The Balaban J connectivity index is 1.33. The maximum Gasteiger partial charge on any atom is 0.411 e. The van der Waals surface area contributed by atoms with E-state index in [4.69, 9.17) is 16.1 Å². The van der Waals surface area contributed by atoms with Crippen LogP contribution in [0, 0.1) is 23.2 Å². The number of methoxy groups -OCH3 is 1. The smallest absolute Gasteiger partial charge is 0.411 e. The SMILES string of the molecule is COC(=O)Nc1ccc(-c2cnc([C@@H]3CC(C4CCN(S(C)(=O)=O)CC4)CN3C(=O)C3CCN(C(=N)N)CC3)[nH]2)cc1. The van der Waals surface area contributed by atoms with Crippen molar-refractivity contribution in [2.24, 2.45) is 23.5 Å². The maximum absolute atomic E-state index is 13.9. The molecule has 228 valence electrons. The molecule has 0 spiro atoms. The van der Waals surface area contributed by atoms with E-state index in [0.29, 0.717) is 57.2 Å². The third-order valence-corrected chi connectivity index (χ3v) is 10.3. The number of amides is 2. The summed E-state index contributed by atoms with van der Waals surface area (Å²) in [5.41, 5.74) is 7.98. The summed E-state index contributed by atoms with van der Waals surface area (Å²) in [4.78, 5) is 37.4. The zero-order valence-electron chi connectivity index (χ0n) is 24.1. The van der Waals surface area contributed by atoms with E-state index in [1.807, 2.05) is 17.0 Å². The molecule has 2 amide bonds. The molecule has 4 heterocycles. The van der Waals surface area contributed by atoms with E-state index in [2.05, 4.69) is 15.0 Å². The van der Waals surface area contributed by atoms with Gasteiger partial charge >= 0.3 is 6.09 Å². The summed E-state index contributed by atoms with van der Waals surface area (Å²) in [5, 5.41) is 10.4. The van der Waals surface area contributed by atoms with E-state index in [1.165, 1.54) is 13.4 Å². The van der Waals surface area contributed by atoms with Crippen molar-refractivity contribution in [1.29, 1.82) is 5.41 Å². The van der Waals surface area contributed by atoms with E-state index < -0.39 is 16.1 Å². The average Bonchev–Trinajstić information content (AvgIpc) is 3.65. The summed E-state index contributed by atoms with van der Waals surface area (Å²) in [6, 6.07) is 7.10. The fourth-order valence-corrected chi connectivity index (χ4v) is 7.42. The van der Waals surface area contributed by atoms with Crippen LogP contribution in [0.1, 0.15) is 44.0 Å². The summed E-state index contributed by atoms with van der Waals surface area (Å²) < 4.78 is 30.3. The molecular weight excluding hydrogens is 560 g/mol.